The molecule has 1 aliphatic rings. The molecule has 0 saturated heterocycles. The van der Waals surface area contributed by atoms with Crippen LogP contribution in [0.3, 0.4) is 0 Å². The molecule has 0 unspecified atom stereocenters. The van der Waals surface area contributed by atoms with Gasteiger partial charge in [0.1, 0.15) is 10.8 Å². The minimum Gasteiger partial charge on any atom is -0.469 e. The summed E-state index contributed by atoms with van der Waals surface area (Å²) >= 11 is 2.79. The zero-order valence-electron chi connectivity index (χ0n) is 18.4. The number of carbonyl (C=O) groups is 2. The molecule has 170 valence electrons. The quantitative estimate of drug-likeness (QED) is 0.411. The molecule has 0 saturated carbocycles. The number of rotatable bonds is 6. The minimum absolute atomic E-state index is 0.152. The van der Waals surface area contributed by atoms with E-state index in [4.69, 9.17) is 9.15 Å². The molecule has 1 amide bonds. The van der Waals surface area contributed by atoms with Gasteiger partial charge in [-0.25, -0.2) is 4.79 Å². The largest absolute Gasteiger partial charge is 0.469 e. The molecule has 0 aromatic carbocycles. The van der Waals surface area contributed by atoms with Crippen LogP contribution in [0.25, 0.3) is 11.4 Å². The van der Waals surface area contributed by atoms with Crippen molar-refractivity contribution in [1.82, 2.24) is 14.8 Å². The average Bonchev–Trinajstić information content (AvgIpc) is 3.43. The van der Waals surface area contributed by atoms with E-state index in [2.05, 4.69) is 15.5 Å². The van der Waals surface area contributed by atoms with Crippen molar-refractivity contribution in [1.29, 1.82) is 0 Å². The maximum absolute atomic E-state index is 12.7. The molecule has 0 aliphatic heterocycles. The maximum Gasteiger partial charge on any atom is 0.341 e. The third kappa shape index (κ3) is 4.61. The Morgan fingerprint density at radius 3 is 2.75 bits per heavy atom. The van der Waals surface area contributed by atoms with Gasteiger partial charge in [-0.2, -0.15) is 0 Å². The SMILES string of the molecule is COC(=O)c1c(NC(=O)CSc2nnc(-c3ccoc3C)n2C)sc2c1CCCCCC2. The molecule has 0 spiro atoms. The van der Waals surface area contributed by atoms with E-state index in [1.807, 2.05) is 24.6 Å². The number of thioether (sulfide) groups is 1. The molecule has 3 aromatic heterocycles. The third-order valence-electron chi connectivity index (χ3n) is 5.58. The highest BCUT2D eigenvalue weighted by Crippen LogP contribution is 2.37. The standard InChI is InChI=1S/C22H26N4O4S2/c1-13-14(10-11-30-13)19-24-25-22(26(19)2)31-12-17(27)23-20-18(21(28)29-3)15-8-6-4-5-7-9-16(15)32-20/h10-11H,4-9,12H2,1-3H3,(H,23,27). The molecule has 1 aliphatic carbocycles. The van der Waals surface area contributed by atoms with E-state index in [1.54, 1.807) is 6.26 Å². The second-order valence-electron chi connectivity index (χ2n) is 7.71. The van der Waals surface area contributed by atoms with E-state index >= 15 is 0 Å². The first-order valence-corrected chi connectivity index (χ1v) is 12.4. The molecule has 3 heterocycles. The highest BCUT2D eigenvalue weighted by molar-refractivity contribution is 7.99. The predicted molar refractivity (Wildman–Crippen MR) is 124 cm³/mol. The van der Waals surface area contributed by atoms with Crippen LogP contribution < -0.4 is 5.32 Å². The van der Waals surface area contributed by atoms with E-state index in [9.17, 15) is 9.59 Å². The molecule has 32 heavy (non-hydrogen) atoms. The van der Waals surface area contributed by atoms with Crippen LogP contribution >= 0.6 is 23.1 Å². The van der Waals surface area contributed by atoms with Gasteiger partial charge in [-0.3, -0.25) is 4.79 Å². The first kappa shape index (κ1) is 22.6. The number of esters is 1. The smallest absolute Gasteiger partial charge is 0.341 e. The van der Waals surface area contributed by atoms with Gasteiger partial charge in [0.15, 0.2) is 11.0 Å². The fourth-order valence-electron chi connectivity index (χ4n) is 3.91. The molecule has 0 atom stereocenters. The first-order chi connectivity index (χ1) is 15.5. The number of nitrogens with zero attached hydrogens (tertiary/aromatic N) is 3. The lowest BCUT2D eigenvalue weighted by molar-refractivity contribution is -0.113. The van der Waals surface area contributed by atoms with Gasteiger partial charge < -0.3 is 19.0 Å². The van der Waals surface area contributed by atoms with Crippen LogP contribution in [0.15, 0.2) is 21.9 Å². The summed E-state index contributed by atoms with van der Waals surface area (Å²) in [5.74, 6) is 1.01. The highest BCUT2D eigenvalue weighted by atomic mass is 32.2. The van der Waals surface area contributed by atoms with E-state index < -0.39 is 0 Å². The summed E-state index contributed by atoms with van der Waals surface area (Å²) in [5, 5.41) is 12.6. The minimum atomic E-state index is -0.389. The van der Waals surface area contributed by atoms with Gasteiger partial charge >= 0.3 is 5.97 Å². The zero-order valence-corrected chi connectivity index (χ0v) is 20.0. The number of carbonyl (C=O) groups excluding carboxylic acids is 2. The van der Waals surface area contributed by atoms with Crippen molar-refractivity contribution in [2.24, 2.45) is 7.05 Å². The monoisotopic (exact) mass is 474 g/mol. The molecule has 0 fully saturated rings. The van der Waals surface area contributed by atoms with Crippen molar-refractivity contribution in [3.63, 3.8) is 0 Å². The lowest BCUT2D eigenvalue weighted by atomic mass is 9.96. The van der Waals surface area contributed by atoms with E-state index in [0.29, 0.717) is 21.5 Å². The fraction of sp³-hybridized carbons (Fsp3) is 0.455. The van der Waals surface area contributed by atoms with Crippen molar-refractivity contribution < 1.29 is 18.7 Å². The Labute approximate surface area is 194 Å². The van der Waals surface area contributed by atoms with Crippen molar-refractivity contribution in [2.75, 3.05) is 18.2 Å². The summed E-state index contributed by atoms with van der Waals surface area (Å²) in [6.45, 7) is 1.87. The number of nitrogens with one attached hydrogen (secondary N) is 1. The Bertz CT molecular complexity index is 1130. The number of anilines is 1. The number of amides is 1. The van der Waals surface area contributed by atoms with Crippen LogP contribution in [0, 0.1) is 6.92 Å². The Morgan fingerprint density at radius 2 is 2.03 bits per heavy atom. The molecular weight excluding hydrogens is 448 g/mol. The number of ether oxygens (including phenoxy) is 1. The van der Waals surface area contributed by atoms with Crippen LogP contribution in [0.1, 0.15) is 52.2 Å². The highest BCUT2D eigenvalue weighted by Gasteiger charge is 2.26. The molecule has 3 aromatic rings. The first-order valence-electron chi connectivity index (χ1n) is 10.6. The molecule has 10 heteroatoms. The number of aryl methyl sites for hydroxylation is 2. The average molecular weight is 475 g/mol. The Morgan fingerprint density at radius 1 is 1.25 bits per heavy atom. The summed E-state index contributed by atoms with van der Waals surface area (Å²) in [4.78, 5) is 26.4. The summed E-state index contributed by atoms with van der Waals surface area (Å²) in [6, 6.07) is 1.85. The van der Waals surface area contributed by atoms with Crippen molar-refractivity contribution in [3.8, 4) is 11.4 Å². The fourth-order valence-corrected chi connectivity index (χ4v) is 5.92. The van der Waals surface area contributed by atoms with Gasteiger partial charge in [-0.05, 0) is 44.2 Å². The van der Waals surface area contributed by atoms with Gasteiger partial charge in [0, 0.05) is 11.9 Å². The van der Waals surface area contributed by atoms with Crippen LogP contribution in [0.5, 0.6) is 0 Å². The summed E-state index contributed by atoms with van der Waals surface area (Å²) in [6.07, 6.45) is 7.89. The Hall–Kier alpha value is -2.59. The van der Waals surface area contributed by atoms with Gasteiger partial charge in [0.05, 0.1) is 30.3 Å². The van der Waals surface area contributed by atoms with E-state index in [-0.39, 0.29) is 17.6 Å². The molecular formula is C22H26N4O4S2. The van der Waals surface area contributed by atoms with Crippen LogP contribution in [-0.2, 0) is 29.4 Å². The Kier molecular flexibility index (Phi) is 7.00. The maximum atomic E-state index is 12.7. The van der Waals surface area contributed by atoms with Gasteiger partial charge in [0.25, 0.3) is 0 Å². The molecule has 1 N–H and O–H groups in total. The summed E-state index contributed by atoms with van der Waals surface area (Å²) < 4.78 is 12.2. The van der Waals surface area contributed by atoms with Crippen LogP contribution in [-0.4, -0.2) is 39.5 Å². The van der Waals surface area contributed by atoms with Crippen molar-refractivity contribution >= 4 is 40.0 Å². The number of fused-ring (bicyclic) bond motifs is 1. The van der Waals surface area contributed by atoms with Crippen LogP contribution in [0.4, 0.5) is 5.00 Å². The Balaban J connectivity index is 1.48. The number of methoxy groups -OCH3 is 1. The molecule has 0 radical (unpaired) electrons. The number of hydrogen-bond acceptors (Lipinski definition) is 8. The van der Waals surface area contributed by atoms with Gasteiger partial charge in [-0.1, -0.05) is 24.6 Å². The van der Waals surface area contributed by atoms with Gasteiger partial charge in [-0.15, -0.1) is 21.5 Å². The van der Waals surface area contributed by atoms with Gasteiger partial charge in [0.2, 0.25) is 5.91 Å². The number of aromatic nitrogens is 3. The lowest BCUT2D eigenvalue weighted by Gasteiger charge is -2.11. The normalized spacial score (nSPS) is 13.8. The molecule has 4 rings (SSSR count). The predicted octanol–water partition coefficient (Wildman–Crippen LogP) is 4.62. The number of thiophene rings is 1. The van der Waals surface area contributed by atoms with Crippen molar-refractivity contribution in [3.05, 3.63) is 34.1 Å². The lowest BCUT2D eigenvalue weighted by Crippen LogP contribution is -2.16. The van der Waals surface area contributed by atoms with Crippen LogP contribution in [0.2, 0.25) is 0 Å². The third-order valence-corrected chi connectivity index (χ3v) is 7.81. The second kappa shape index (κ2) is 9.91. The van der Waals surface area contributed by atoms with Crippen molar-refractivity contribution in [2.45, 2.75) is 50.6 Å². The topological polar surface area (TPSA) is 99.2 Å². The van der Waals surface area contributed by atoms with E-state index in [1.165, 1.54) is 41.5 Å². The zero-order chi connectivity index (χ0) is 22.7. The number of furan rings is 1. The molecule has 0 bridgehead atoms. The summed E-state index contributed by atoms with van der Waals surface area (Å²) in [5.41, 5.74) is 2.43. The number of hydrogen-bond donors (Lipinski definition) is 1. The summed E-state index contributed by atoms with van der Waals surface area (Å²) in [7, 11) is 3.24. The second-order valence-corrected chi connectivity index (χ2v) is 9.75. The van der Waals surface area contributed by atoms with E-state index in [0.717, 1.165) is 49.0 Å². The molecule has 8 nitrogen and oxygen atoms in total.